The van der Waals surface area contributed by atoms with E-state index in [4.69, 9.17) is 11.1 Å². The Labute approximate surface area is 119 Å². The van der Waals surface area contributed by atoms with Crippen LogP contribution in [0, 0.1) is 13.8 Å². The van der Waals surface area contributed by atoms with Crippen molar-refractivity contribution in [1.82, 2.24) is 4.57 Å². The van der Waals surface area contributed by atoms with E-state index in [1.807, 2.05) is 13.8 Å². The molecule has 0 aliphatic heterocycles. The summed E-state index contributed by atoms with van der Waals surface area (Å²) in [7, 11) is -1.62. The topological polar surface area (TPSA) is 106 Å². The van der Waals surface area contributed by atoms with Gasteiger partial charge >= 0.3 is 0 Å². The predicted molar refractivity (Wildman–Crippen MR) is 79.7 cm³/mol. The van der Waals surface area contributed by atoms with Crippen LogP contribution in [0.3, 0.4) is 0 Å². The first-order valence-corrected chi connectivity index (χ1v) is 7.64. The van der Waals surface area contributed by atoms with E-state index in [1.165, 1.54) is 0 Å². The van der Waals surface area contributed by atoms with E-state index in [1.54, 1.807) is 0 Å². The fourth-order valence-corrected chi connectivity index (χ4v) is 3.86. The molecular formula is C11H20N8P+. The number of rotatable bonds is 5. The molecule has 1 rings (SSSR count). The number of aromatic nitrogens is 2. The standard InChI is InChI=1S/C11H20N8P/c1-7(2)18-9(5)10(6)19(8(3)4)11(18)20(16-14-12)17-15-13/h7-8H,1-6H3/q+1. The van der Waals surface area contributed by atoms with Gasteiger partial charge in [-0.3, -0.25) is 0 Å². The Bertz CT molecular complexity index is 541. The van der Waals surface area contributed by atoms with Gasteiger partial charge in [0.15, 0.2) is 8.22 Å². The van der Waals surface area contributed by atoms with Crippen molar-refractivity contribution in [2.45, 2.75) is 53.6 Å². The van der Waals surface area contributed by atoms with Gasteiger partial charge < -0.3 is 0 Å². The first kappa shape index (κ1) is 16.3. The van der Waals surface area contributed by atoms with Gasteiger partial charge in [0.25, 0.3) is 5.57 Å². The zero-order valence-corrected chi connectivity index (χ0v) is 13.6. The van der Waals surface area contributed by atoms with E-state index in [-0.39, 0.29) is 12.1 Å². The Hall–Kier alpha value is -1.74. The van der Waals surface area contributed by atoms with Crippen molar-refractivity contribution in [3.8, 4) is 0 Å². The molecule has 0 aromatic carbocycles. The van der Waals surface area contributed by atoms with Gasteiger partial charge in [0, 0.05) is 23.7 Å². The van der Waals surface area contributed by atoms with Gasteiger partial charge in [0.1, 0.15) is 11.4 Å². The molecule has 1 heterocycles. The second-order valence-electron chi connectivity index (χ2n) is 5.05. The smallest absolute Gasteiger partial charge is 0.225 e. The highest BCUT2D eigenvalue weighted by Gasteiger charge is 2.34. The van der Waals surface area contributed by atoms with E-state index < -0.39 is 8.22 Å². The van der Waals surface area contributed by atoms with Crippen LogP contribution in [0.1, 0.15) is 51.2 Å². The normalized spacial score (nSPS) is 12.2. The van der Waals surface area contributed by atoms with E-state index in [0.717, 1.165) is 17.0 Å². The lowest BCUT2D eigenvalue weighted by atomic mass is 10.3. The van der Waals surface area contributed by atoms with Crippen molar-refractivity contribution in [1.29, 1.82) is 0 Å². The van der Waals surface area contributed by atoms with Crippen LogP contribution in [0.15, 0.2) is 9.77 Å². The number of imidazole rings is 1. The van der Waals surface area contributed by atoms with E-state index >= 15 is 0 Å². The Kier molecular flexibility index (Phi) is 5.40. The van der Waals surface area contributed by atoms with E-state index in [9.17, 15) is 0 Å². The van der Waals surface area contributed by atoms with Crippen molar-refractivity contribution < 1.29 is 4.57 Å². The van der Waals surface area contributed by atoms with Gasteiger partial charge in [-0.05, 0) is 38.8 Å². The largest absolute Gasteiger partial charge is 0.290 e. The predicted octanol–water partition coefficient (Wildman–Crippen LogP) is 4.11. The van der Waals surface area contributed by atoms with Gasteiger partial charge in [-0.2, -0.15) is 0 Å². The number of nitrogens with zero attached hydrogens (tertiary/aromatic N) is 8. The van der Waals surface area contributed by atoms with Crippen LogP contribution in [-0.2, 0) is 0 Å². The fourth-order valence-electron chi connectivity index (χ4n) is 2.37. The number of hydrogen-bond acceptors (Lipinski definition) is 2. The SMILES string of the molecule is Cc1c(C)[n+](C(C)C)c(P(N=[N+]=[N-])N=[N+]=[N-])n1C(C)C. The number of hydrogen-bond donors (Lipinski definition) is 0. The summed E-state index contributed by atoms with van der Waals surface area (Å²) < 4.78 is 4.18. The van der Waals surface area contributed by atoms with Crippen LogP contribution >= 0.6 is 8.22 Å². The highest BCUT2D eigenvalue weighted by atomic mass is 31.1. The average molecular weight is 295 g/mol. The van der Waals surface area contributed by atoms with Crippen molar-refractivity contribution in [3.63, 3.8) is 0 Å². The molecule has 20 heavy (non-hydrogen) atoms. The molecule has 0 aliphatic carbocycles. The lowest BCUT2D eigenvalue weighted by Gasteiger charge is -2.12. The van der Waals surface area contributed by atoms with Crippen molar-refractivity contribution >= 4 is 13.8 Å². The molecule has 108 valence electrons. The molecule has 9 heteroatoms. The van der Waals surface area contributed by atoms with Crippen LogP contribution in [0.4, 0.5) is 0 Å². The molecular weight excluding hydrogens is 275 g/mol. The van der Waals surface area contributed by atoms with E-state index in [2.05, 4.69) is 56.4 Å². The molecule has 0 radical (unpaired) electrons. The Morgan fingerprint density at radius 3 is 1.95 bits per heavy atom. The highest BCUT2D eigenvalue weighted by molar-refractivity contribution is 7.61. The maximum absolute atomic E-state index is 8.73. The third-order valence-corrected chi connectivity index (χ3v) is 4.43. The molecule has 0 aliphatic rings. The summed E-state index contributed by atoms with van der Waals surface area (Å²) in [5.74, 6) is 0. The lowest BCUT2D eigenvalue weighted by molar-refractivity contribution is -0.704. The van der Waals surface area contributed by atoms with Crippen molar-refractivity contribution in [2.75, 3.05) is 0 Å². The summed E-state index contributed by atoms with van der Waals surface area (Å²) in [6.45, 7) is 12.3. The molecule has 0 amide bonds. The summed E-state index contributed by atoms with van der Waals surface area (Å²) in [6, 6.07) is 0.382. The maximum Gasteiger partial charge on any atom is 0.290 e. The van der Waals surface area contributed by atoms with Gasteiger partial charge in [0.2, 0.25) is 0 Å². The first-order valence-electron chi connectivity index (χ1n) is 6.39. The second-order valence-corrected chi connectivity index (χ2v) is 6.38. The molecule has 1 aromatic heterocycles. The minimum atomic E-state index is -1.62. The molecule has 0 fully saturated rings. The zero-order chi connectivity index (χ0) is 15.4. The molecule has 0 saturated carbocycles. The monoisotopic (exact) mass is 295 g/mol. The Morgan fingerprint density at radius 1 is 1.10 bits per heavy atom. The minimum Gasteiger partial charge on any atom is -0.225 e. The Balaban J connectivity index is 3.75. The van der Waals surface area contributed by atoms with Crippen LogP contribution in [-0.4, -0.2) is 4.57 Å². The van der Waals surface area contributed by atoms with Crippen LogP contribution in [0.25, 0.3) is 20.9 Å². The molecule has 1 aromatic rings. The maximum atomic E-state index is 8.73. The molecule has 0 N–H and O–H groups in total. The van der Waals surface area contributed by atoms with Crippen LogP contribution < -0.4 is 10.1 Å². The van der Waals surface area contributed by atoms with Crippen molar-refractivity contribution in [3.05, 3.63) is 32.3 Å². The summed E-state index contributed by atoms with van der Waals surface area (Å²) in [5, 5.41) is 0. The third kappa shape index (κ3) is 2.88. The summed E-state index contributed by atoms with van der Waals surface area (Å²) >= 11 is 0. The highest BCUT2D eigenvalue weighted by Crippen LogP contribution is 2.39. The number of azide groups is 1. The summed E-state index contributed by atoms with van der Waals surface area (Å²) in [5.41, 5.74) is 20.4. The zero-order valence-electron chi connectivity index (χ0n) is 12.7. The van der Waals surface area contributed by atoms with Crippen LogP contribution in [0.2, 0.25) is 0 Å². The molecule has 0 unspecified atom stereocenters. The quantitative estimate of drug-likeness (QED) is 0.256. The minimum absolute atomic E-state index is 0.191. The molecule has 0 bridgehead atoms. The van der Waals surface area contributed by atoms with Gasteiger partial charge in [0.05, 0.1) is 12.1 Å². The molecule has 0 spiro atoms. The molecule has 0 saturated heterocycles. The van der Waals surface area contributed by atoms with Gasteiger partial charge in [-0.25, -0.2) is 9.13 Å². The molecule has 0 atom stereocenters. The Morgan fingerprint density at radius 2 is 1.60 bits per heavy atom. The van der Waals surface area contributed by atoms with Gasteiger partial charge in [-0.15, -0.1) is 0 Å². The van der Waals surface area contributed by atoms with Gasteiger partial charge in [-0.1, -0.05) is 9.77 Å². The lowest BCUT2D eigenvalue weighted by Crippen LogP contribution is -2.51. The third-order valence-electron chi connectivity index (χ3n) is 3.14. The second kappa shape index (κ2) is 6.62. The summed E-state index contributed by atoms with van der Waals surface area (Å²) in [6.07, 6.45) is 0. The van der Waals surface area contributed by atoms with E-state index in [0.29, 0.717) is 0 Å². The van der Waals surface area contributed by atoms with Crippen molar-refractivity contribution in [2.24, 2.45) is 9.77 Å². The van der Waals surface area contributed by atoms with Crippen LogP contribution in [0.5, 0.6) is 0 Å². The first-order chi connectivity index (χ1) is 9.36. The summed E-state index contributed by atoms with van der Waals surface area (Å²) in [4.78, 5) is 13.1. The molecule has 8 nitrogen and oxygen atoms in total. The fraction of sp³-hybridized carbons (Fsp3) is 0.727. The average Bonchev–Trinajstić information content (AvgIpc) is 2.62.